The maximum Gasteiger partial charge on any atom is 0.514 e. The number of rotatable bonds is 1. The Hall–Kier alpha value is -0.530. The van der Waals surface area contributed by atoms with Crippen LogP contribution in [-0.4, -0.2) is 55.1 Å². The molecule has 0 aromatic carbocycles. The normalized spacial score (nSPS) is 8.00. The van der Waals surface area contributed by atoms with E-state index in [1.54, 1.807) is 0 Å². The molecule has 0 aliphatic heterocycles. The Morgan fingerprint density at radius 3 is 2.56 bits per heavy atom. The van der Waals surface area contributed by atoms with Gasteiger partial charge >= 0.3 is 5.95 Å². The first-order valence-electron chi connectivity index (χ1n) is 1.68. The van der Waals surface area contributed by atoms with Crippen molar-refractivity contribution >= 4 is 35.5 Å². The fourth-order valence-electron chi connectivity index (χ4n) is 0.234. The number of nitrogens with zero attached hydrogens (tertiary/aromatic N) is 4. The first kappa shape index (κ1) is 8.47. The molecule has 9 heavy (non-hydrogen) atoms. The van der Waals surface area contributed by atoms with Gasteiger partial charge in [-0.1, -0.05) is 5.21 Å². The standard InChI is InChI=1S/CHN5O2.Na/c7-6(8)1-2-4-5-3-1;/h(H,2,3,4,5);. The average molecular weight is 138 g/mol. The van der Waals surface area contributed by atoms with Gasteiger partial charge in [0.25, 0.3) is 0 Å². The van der Waals surface area contributed by atoms with Crippen LogP contribution in [0.4, 0.5) is 5.95 Å². The number of aromatic nitrogens is 4. The summed E-state index contributed by atoms with van der Waals surface area (Å²) < 4.78 is 0. The van der Waals surface area contributed by atoms with E-state index in [1.165, 1.54) is 0 Å². The largest absolute Gasteiger partial charge is 0.514 e. The third-order valence-electron chi connectivity index (χ3n) is 0.497. The van der Waals surface area contributed by atoms with E-state index in [9.17, 15) is 10.1 Å². The zero-order valence-electron chi connectivity index (χ0n) is 4.61. The van der Waals surface area contributed by atoms with E-state index >= 15 is 0 Å². The van der Waals surface area contributed by atoms with Crippen molar-refractivity contribution in [3.8, 4) is 0 Å². The van der Waals surface area contributed by atoms with Gasteiger partial charge in [-0.2, -0.15) is 0 Å². The fourth-order valence-corrected chi connectivity index (χ4v) is 0.234. The summed E-state index contributed by atoms with van der Waals surface area (Å²) in [5.41, 5.74) is 0. The van der Waals surface area contributed by atoms with Crippen molar-refractivity contribution < 1.29 is 4.92 Å². The van der Waals surface area contributed by atoms with Crippen LogP contribution < -0.4 is 0 Å². The number of hydrogen-bond acceptors (Lipinski definition) is 5. The second kappa shape index (κ2) is 3.49. The summed E-state index contributed by atoms with van der Waals surface area (Å²) in [6.45, 7) is 0. The van der Waals surface area contributed by atoms with Crippen molar-refractivity contribution in [3.05, 3.63) is 10.1 Å². The molecule has 8 heteroatoms. The van der Waals surface area contributed by atoms with Crippen LogP contribution in [0.5, 0.6) is 0 Å². The SMILES string of the molecule is O=[N+]([O-])c1nn[nH]n1.[Na]. The summed E-state index contributed by atoms with van der Waals surface area (Å²) in [4.78, 5) is 8.95. The second-order valence-corrected chi connectivity index (χ2v) is 0.969. The van der Waals surface area contributed by atoms with E-state index in [0.717, 1.165) is 0 Å². The van der Waals surface area contributed by atoms with Gasteiger partial charge in [-0.3, -0.25) is 0 Å². The van der Waals surface area contributed by atoms with E-state index in [-0.39, 0.29) is 29.6 Å². The van der Waals surface area contributed by atoms with E-state index < -0.39 is 10.9 Å². The number of aromatic amines is 1. The molecule has 1 rings (SSSR count). The van der Waals surface area contributed by atoms with Crippen LogP contribution in [0.15, 0.2) is 0 Å². The third kappa shape index (κ3) is 2.04. The van der Waals surface area contributed by atoms with Crippen LogP contribution in [0.1, 0.15) is 0 Å². The van der Waals surface area contributed by atoms with Crippen LogP contribution in [0.2, 0.25) is 0 Å². The molecule has 0 saturated carbocycles. The van der Waals surface area contributed by atoms with Gasteiger partial charge in [-0.05, 0) is 4.92 Å². The molecular formula is CHN5NaO2. The van der Waals surface area contributed by atoms with Gasteiger partial charge in [-0.15, -0.1) is 0 Å². The van der Waals surface area contributed by atoms with E-state index in [4.69, 9.17) is 0 Å². The molecule has 1 radical (unpaired) electrons. The predicted octanol–water partition coefficient (Wildman–Crippen LogP) is -1.27. The molecule has 0 aliphatic carbocycles. The van der Waals surface area contributed by atoms with Gasteiger partial charge in [0.1, 0.15) is 0 Å². The van der Waals surface area contributed by atoms with Crippen molar-refractivity contribution in [2.45, 2.75) is 0 Å². The third-order valence-corrected chi connectivity index (χ3v) is 0.497. The number of nitro groups is 1. The van der Waals surface area contributed by atoms with Crippen LogP contribution in [0.3, 0.4) is 0 Å². The minimum Gasteiger partial charge on any atom is -0.390 e. The number of H-pyrrole nitrogens is 1. The zero-order valence-corrected chi connectivity index (χ0v) is 6.61. The topological polar surface area (TPSA) is 97.6 Å². The van der Waals surface area contributed by atoms with Gasteiger partial charge in [-0.25, -0.2) is 0 Å². The summed E-state index contributed by atoms with van der Waals surface area (Å²) in [5, 5.41) is 20.7. The average Bonchev–Trinajstić information content (AvgIpc) is 2.12. The van der Waals surface area contributed by atoms with Gasteiger partial charge in [0.05, 0.1) is 5.10 Å². The smallest absolute Gasteiger partial charge is 0.390 e. The van der Waals surface area contributed by atoms with Crippen molar-refractivity contribution in [1.82, 2.24) is 20.6 Å². The first-order chi connectivity index (χ1) is 3.80. The molecule has 1 aromatic heterocycles. The molecule has 0 fully saturated rings. The number of tetrazole rings is 1. The molecule has 0 saturated heterocycles. The van der Waals surface area contributed by atoms with E-state index in [2.05, 4.69) is 15.4 Å². The Labute approximate surface area is 71.3 Å². The second-order valence-electron chi connectivity index (χ2n) is 0.969. The van der Waals surface area contributed by atoms with Crippen LogP contribution in [-0.2, 0) is 0 Å². The predicted molar refractivity (Wildman–Crippen MR) is 26.6 cm³/mol. The Balaban J connectivity index is 0.000000640. The molecular weight excluding hydrogens is 137 g/mol. The van der Waals surface area contributed by atoms with Crippen LogP contribution in [0.25, 0.3) is 0 Å². The van der Waals surface area contributed by atoms with Crippen molar-refractivity contribution in [2.24, 2.45) is 0 Å². The zero-order chi connectivity index (χ0) is 5.98. The Bertz CT molecular complexity index is 183. The molecule has 1 N–H and O–H groups in total. The molecule has 43 valence electrons. The first-order valence-corrected chi connectivity index (χ1v) is 1.68. The quantitative estimate of drug-likeness (QED) is 0.296. The number of nitrogens with one attached hydrogen (secondary N) is 1. The maximum atomic E-state index is 9.68. The molecule has 1 aromatic rings. The van der Waals surface area contributed by atoms with Crippen molar-refractivity contribution in [3.63, 3.8) is 0 Å². The molecule has 0 bridgehead atoms. The maximum absolute atomic E-state index is 9.68. The minimum atomic E-state index is -0.733. The van der Waals surface area contributed by atoms with E-state index in [1.807, 2.05) is 5.21 Å². The van der Waals surface area contributed by atoms with Gasteiger partial charge in [0, 0.05) is 39.9 Å². The summed E-state index contributed by atoms with van der Waals surface area (Å²) in [5.74, 6) is -0.509. The summed E-state index contributed by atoms with van der Waals surface area (Å²) in [6.07, 6.45) is 0. The Morgan fingerprint density at radius 2 is 2.33 bits per heavy atom. The van der Waals surface area contributed by atoms with Crippen LogP contribution >= 0.6 is 0 Å². The number of hydrogen-bond donors (Lipinski definition) is 1. The van der Waals surface area contributed by atoms with Gasteiger partial charge in [0.2, 0.25) is 0 Å². The fraction of sp³-hybridized carbons (Fsp3) is 0. The van der Waals surface area contributed by atoms with Gasteiger partial charge < -0.3 is 10.1 Å². The molecule has 1 heterocycles. The summed E-state index contributed by atoms with van der Waals surface area (Å²) in [7, 11) is 0. The molecule has 0 amide bonds. The Morgan fingerprint density at radius 1 is 1.67 bits per heavy atom. The Kier molecular flexibility index (Phi) is 3.28. The van der Waals surface area contributed by atoms with Crippen molar-refractivity contribution in [1.29, 1.82) is 0 Å². The van der Waals surface area contributed by atoms with Crippen molar-refractivity contribution in [2.75, 3.05) is 0 Å². The molecule has 7 nitrogen and oxygen atoms in total. The molecule has 0 spiro atoms. The molecule has 0 unspecified atom stereocenters. The molecule has 0 aliphatic rings. The van der Waals surface area contributed by atoms with E-state index in [0.29, 0.717) is 0 Å². The summed E-state index contributed by atoms with van der Waals surface area (Å²) in [6, 6.07) is 0. The minimum absolute atomic E-state index is 0. The van der Waals surface area contributed by atoms with Gasteiger partial charge in [0.15, 0.2) is 0 Å². The molecule has 0 atom stereocenters. The van der Waals surface area contributed by atoms with Crippen LogP contribution in [0, 0.1) is 10.1 Å². The monoisotopic (exact) mass is 138 g/mol. The summed E-state index contributed by atoms with van der Waals surface area (Å²) >= 11 is 0.